The Morgan fingerprint density at radius 3 is 2.69 bits per heavy atom. The second-order valence-corrected chi connectivity index (χ2v) is 9.68. The molecule has 0 saturated carbocycles. The Morgan fingerprint density at radius 2 is 1.86 bits per heavy atom. The molecule has 2 aromatic heterocycles. The van der Waals surface area contributed by atoms with Crippen molar-refractivity contribution in [2.75, 3.05) is 36.4 Å². The summed E-state index contributed by atoms with van der Waals surface area (Å²) in [4.78, 5) is 26.1. The van der Waals surface area contributed by atoms with E-state index in [1.54, 1.807) is 10.7 Å². The highest BCUT2D eigenvalue weighted by atomic mass is 16.1. The first kappa shape index (κ1) is 22.5. The maximum absolute atomic E-state index is 11.9. The van der Waals surface area contributed by atoms with Gasteiger partial charge in [-0.25, -0.2) is 14.5 Å². The molecule has 0 radical (unpaired) electrons. The van der Waals surface area contributed by atoms with Gasteiger partial charge in [0.15, 0.2) is 11.5 Å². The van der Waals surface area contributed by atoms with Gasteiger partial charge in [-0.1, -0.05) is 6.07 Å². The van der Waals surface area contributed by atoms with Gasteiger partial charge >= 0.3 is 0 Å². The summed E-state index contributed by atoms with van der Waals surface area (Å²) in [5.41, 5.74) is 6.30. The van der Waals surface area contributed by atoms with Crippen LogP contribution < -0.4 is 15.5 Å². The molecule has 2 N–H and O–H groups in total. The van der Waals surface area contributed by atoms with Crippen molar-refractivity contribution in [3.8, 4) is 11.3 Å². The fourth-order valence-electron chi connectivity index (χ4n) is 5.10. The second-order valence-electron chi connectivity index (χ2n) is 9.68. The Kier molecular flexibility index (Phi) is 5.77. The number of aromatic nitrogens is 4. The van der Waals surface area contributed by atoms with Gasteiger partial charge in [0.05, 0.1) is 11.9 Å². The molecule has 0 aliphatic carbocycles. The van der Waals surface area contributed by atoms with Crippen molar-refractivity contribution in [3.05, 3.63) is 66.1 Å². The fraction of sp³-hybridized carbons (Fsp3) is 0.333. The largest absolute Gasteiger partial charge is 0.370 e. The molecule has 1 amide bonds. The summed E-state index contributed by atoms with van der Waals surface area (Å²) in [6, 6.07) is 14.9. The topological polar surface area (TPSA) is 90.7 Å². The van der Waals surface area contributed by atoms with Gasteiger partial charge in [-0.05, 0) is 62.2 Å². The third-order valence-electron chi connectivity index (χ3n) is 7.14. The highest BCUT2D eigenvalue weighted by Crippen LogP contribution is 2.28. The molecule has 4 heterocycles. The highest BCUT2D eigenvalue weighted by molar-refractivity contribution is 5.98. The lowest BCUT2D eigenvalue weighted by Gasteiger charge is -2.26. The number of anilines is 3. The Labute approximate surface area is 210 Å². The number of benzene rings is 2. The van der Waals surface area contributed by atoms with Gasteiger partial charge in [-0.2, -0.15) is 5.10 Å². The number of hydrogen-bond acceptors (Lipinski definition) is 7. The lowest BCUT2D eigenvalue weighted by atomic mass is 10.0. The van der Waals surface area contributed by atoms with Crippen molar-refractivity contribution in [2.24, 2.45) is 0 Å². The molecule has 9 heteroatoms. The van der Waals surface area contributed by atoms with Crippen molar-refractivity contribution in [2.45, 2.75) is 32.9 Å². The minimum Gasteiger partial charge on any atom is -0.370 e. The lowest BCUT2D eigenvalue weighted by molar-refractivity contribution is 0.0965. The quantitative estimate of drug-likeness (QED) is 0.448. The number of rotatable bonds is 5. The molecule has 1 fully saturated rings. The summed E-state index contributed by atoms with van der Waals surface area (Å²) in [5, 5.41) is 10.7. The minimum atomic E-state index is -0.0282. The Hall–Kier alpha value is -3.98. The van der Waals surface area contributed by atoms with E-state index >= 15 is 0 Å². The van der Waals surface area contributed by atoms with Crippen LogP contribution in [0.3, 0.4) is 0 Å². The molecule has 1 saturated heterocycles. The molecule has 4 aromatic rings. The van der Waals surface area contributed by atoms with Crippen LogP contribution in [-0.4, -0.2) is 62.6 Å². The molecule has 9 nitrogen and oxygen atoms in total. The van der Waals surface area contributed by atoms with Crippen LogP contribution >= 0.6 is 0 Å². The van der Waals surface area contributed by atoms with E-state index in [0.29, 0.717) is 24.1 Å². The van der Waals surface area contributed by atoms with Gasteiger partial charge < -0.3 is 15.5 Å². The van der Waals surface area contributed by atoms with Gasteiger partial charge in [0, 0.05) is 61.3 Å². The van der Waals surface area contributed by atoms with Crippen molar-refractivity contribution >= 4 is 28.7 Å². The first-order valence-electron chi connectivity index (χ1n) is 12.5. The zero-order chi connectivity index (χ0) is 24.6. The van der Waals surface area contributed by atoms with Crippen LogP contribution in [0.5, 0.6) is 0 Å². The molecule has 2 aliphatic rings. The van der Waals surface area contributed by atoms with Crippen LogP contribution in [0.15, 0.2) is 55.0 Å². The van der Waals surface area contributed by atoms with Crippen LogP contribution in [0.4, 0.5) is 17.2 Å². The monoisotopic (exact) mass is 482 g/mol. The standard InChI is InChI=1S/C27H30N8O/c1-18(2)33-10-3-11-34(13-12-33)22-7-5-21(6-8-22)32-25-26-30-17-31-35(26)24(16-28-25)19-4-9-23-20(14-19)15-29-27(23)36/h4-9,14,16-18H,3,10-13,15H2,1-2H3,(H,28,32)(H,29,36). The third kappa shape index (κ3) is 4.15. The number of fused-ring (bicyclic) bond motifs is 2. The summed E-state index contributed by atoms with van der Waals surface area (Å²) in [5.74, 6) is 0.615. The van der Waals surface area contributed by atoms with Crippen molar-refractivity contribution in [3.63, 3.8) is 0 Å². The maximum Gasteiger partial charge on any atom is 0.251 e. The average molecular weight is 483 g/mol. The molecule has 0 spiro atoms. The normalized spacial score (nSPS) is 16.3. The highest BCUT2D eigenvalue weighted by Gasteiger charge is 2.21. The molecule has 2 aromatic carbocycles. The van der Waals surface area contributed by atoms with E-state index in [1.807, 2.05) is 18.2 Å². The first-order valence-corrected chi connectivity index (χ1v) is 12.5. The van der Waals surface area contributed by atoms with Gasteiger partial charge in [0.2, 0.25) is 0 Å². The maximum atomic E-state index is 11.9. The molecule has 2 aliphatic heterocycles. The van der Waals surface area contributed by atoms with E-state index in [4.69, 9.17) is 0 Å². The van der Waals surface area contributed by atoms with Crippen LogP contribution in [0.1, 0.15) is 36.2 Å². The molecule has 0 bridgehead atoms. The van der Waals surface area contributed by atoms with E-state index in [2.05, 4.69) is 73.6 Å². The van der Waals surface area contributed by atoms with Gasteiger partial charge in [0.25, 0.3) is 5.91 Å². The number of hydrogen-bond donors (Lipinski definition) is 2. The zero-order valence-electron chi connectivity index (χ0n) is 20.6. The Balaban J connectivity index is 1.21. The summed E-state index contributed by atoms with van der Waals surface area (Å²) >= 11 is 0. The molecule has 0 unspecified atom stereocenters. The van der Waals surface area contributed by atoms with E-state index in [-0.39, 0.29) is 5.91 Å². The van der Waals surface area contributed by atoms with E-state index in [9.17, 15) is 4.79 Å². The molecular weight excluding hydrogens is 452 g/mol. The van der Waals surface area contributed by atoms with Gasteiger partial charge in [0.1, 0.15) is 6.33 Å². The number of nitrogens with one attached hydrogen (secondary N) is 2. The van der Waals surface area contributed by atoms with Crippen LogP contribution in [-0.2, 0) is 6.54 Å². The second kappa shape index (κ2) is 9.23. The van der Waals surface area contributed by atoms with E-state index < -0.39 is 0 Å². The number of carbonyl (C=O) groups is 1. The first-order chi connectivity index (χ1) is 17.6. The number of nitrogens with zero attached hydrogens (tertiary/aromatic N) is 6. The van der Waals surface area contributed by atoms with Gasteiger partial charge in [-0.3, -0.25) is 9.69 Å². The summed E-state index contributed by atoms with van der Waals surface area (Å²) < 4.78 is 1.79. The molecule has 6 rings (SSSR count). The SMILES string of the molecule is CC(C)N1CCCN(c2ccc(Nc3ncc(-c4ccc5c(c4)CNC5=O)n4ncnc34)cc2)CC1. The predicted octanol–water partition coefficient (Wildman–Crippen LogP) is 3.70. The van der Waals surface area contributed by atoms with Crippen molar-refractivity contribution in [1.82, 2.24) is 29.8 Å². The van der Waals surface area contributed by atoms with Crippen LogP contribution in [0, 0.1) is 0 Å². The lowest BCUT2D eigenvalue weighted by Crippen LogP contribution is -2.35. The van der Waals surface area contributed by atoms with Crippen molar-refractivity contribution < 1.29 is 4.79 Å². The Morgan fingerprint density at radius 1 is 1.00 bits per heavy atom. The smallest absolute Gasteiger partial charge is 0.251 e. The Bertz CT molecular complexity index is 1410. The van der Waals surface area contributed by atoms with E-state index in [0.717, 1.165) is 54.3 Å². The van der Waals surface area contributed by atoms with Crippen LogP contribution in [0.2, 0.25) is 0 Å². The fourth-order valence-corrected chi connectivity index (χ4v) is 5.10. The van der Waals surface area contributed by atoms with Gasteiger partial charge in [-0.15, -0.1) is 0 Å². The van der Waals surface area contributed by atoms with E-state index in [1.165, 1.54) is 18.4 Å². The number of carbonyl (C=O) groups excluding carboxylic acids is 1. The molecular formula is C27H30N8O. The molecule has 0 atom stereocenters. The summed E-state index contributed by atoms with van der Waals surface area (Å²) in [7, 11) is 0. The molecule has 184 valence electrons. The predicted molar refractivity (Wildman–Crippen MR) is 141 cm³/mol. The van der Waals surface area contributed by atoms with Crippen molar-refractivity contribution in [1.29, 1.82) is 0 Å². The third-order valence-corrected chi connectivity index (χ3v) is 7.14. The average Bonchev–Trinajstić information content (AvgIpc) is 3.44. The summed E-state index contributed by atoms with van der Waals surface area (Å²) in [6.45, 7) is 9.45. The zero-order valence-corrected chi connectivity index (χ0v) is 20.6. The van der Waals surface area contributed by atoms with Crippen LogP contribution in [0.25, 0.3) is 16.9 Å². The molecule has 36 heavy (non-hydrogen) atoms. The summed E-state index contributed by atoms with van der Waals surface area (Å²) in [6.07, 6.45) is 4.51. The number of amides is 1. The minimum absolute atomic E-state index is 0.0282.